The van der Waals surface area contributed by atoms with E-state index in [-0.39, 0.29) is 37.2 Å². The Balaban J connectivity index is 1.59. The molecule has 1 aliphatic carbocycles. The summed E-state index contributed by atoms with van der Waals surface area (Å²) in [4.78, 5) is 45.9. The van der Waals surface area contributed by atoms with Gasteiger partial charge in [0, 0.05) is 30.1 Å². The highest BCUT2D eigenvalue weighted by molar-refractivity contribution is 7.93. The lowest BCUT2D eigenvalue weighted by Gasteiger charge is -2.23. The van der Waals surface area contributed by atoms with E-state index in [0.29, 0.717) is 28.9 Å². The van der Waals surface area contributed by atoms with Gasteiger partial charge in [-0.1, -0.05) is 42.6 Å². The van der Waals surface area contributed by atoms with Crippen molar-refractivity contribution in [2.45, 2.75) is 28.5 Å². The maximum atomic E-state index is 13.3. The van der Waals surface area contributed by atoms with Crippen molar-refractivity contribution in [3.8, 4) is 0 Å². The number of carbonyl (C=O) groups is 2. The Bertz CT molecular complexity index is 1690. The summed E-state index contributed by atoms with van der Waals surface area (Å²) in [6.45, 7) is 2.00. The highest BCUT2D eigenvalue weighted by atomic mass is 32.2. The minimum atomic E-state index is -4.14. The Morgan fingerprint density at radius 1 is 1.18 bits per heavy atom. The number of sulfone groups is 1. The predicted molar refractivity (Wildman–Crippen MR) is 141 cm³/mol. The number of pyridine rings is 1. The normalized spacial score (nSPS) is 20.7. The molecule has 0 saturated carbocycles. The molecule has 2 unspecified atom stereocenters. The van der Waals surface area contributed by atoms with Crippen LogP contribution in [0.2, 0.25) is 0 Å². The Morgan fingerprint density at radius 3 is 2.54 bits per heavy atom. The van der Waals surface area contributed by atoms with Crippen LogP contribution >= 0.6 is 11.3 Å². The van der Waals surface area contributed by atoms with E-state index in [0.717, 1.165) is 35.4 Å². The second-order valence-electron chi connectivity index (χ2n) is 8.90. The molecule has 2 aromatic heterocycles. The second kappa shape index (κ2) is 10.0. The Morgan fingerprint density at radius 2 is 1.92 bits per heavy atom. The maximum absolute atomic E-state index is 13.3. The van der Waals surface area contributed by atoms with Crippen molar-refractivity contribution >= 4 is 43.7 Å². The molecular weight excluding hydrogens is 544 g/mol. The van der Waals surface area contributed by atoms with Crippen LogP contribution < -0.4 is 4.90 Å². The standard InChI is InChI=1S/C26H20N4O7S2/c1-15-4-6-16(7-5-15)23(31)21-22(17-3-2-12-27-13-17)29(25(33)24(21)32)26-28-14-20(38-26)39(36,37)19-10-8-18(9-11-19)30(34)35/h2-4,6-15,22,31H,5H2,1H3. The van der Waals surface area contributed by atoms with Crippen molar-refractivity contribution in [2.24, 2.45) is 5.92 Å². The summed E-state index contributed by atoms with van der Waals surface area (Å²) >= 11 is 0.663. The fraction of sp³-hybridized carbons (Fsp3) is 0.154. The summed E-state index contributed by atoms with van der Waals surface area (Å²) in [5, 5.41) is 22.0. The fourth-order valence-electron chi connectivity index (χ4n) is 4.29. The van der Waals surface area contributed by atoms with Gasteiger partial charge in [0.1, 0.15) is 9.97 Å². The van der Waals surface area contributed by atoms with Crippen LogP contribution in [-0.2, 0) is 19.4 Å². The van der Waals surface area contributed by atoms with E-state index in [1.807, 2.05) is 13.0 Å². The minimum Gasteiger partial charge on any atom is -0.507 e. The number of benzene rings is 1. The first kappa shape index (κ1) is 26.1. The number of nitrogens with zero attached hydrogens (tertiary/aromatic N) is 4. The van der Waals surface area contributed by atoms with E-state index < -0.39 is 32.5 Å². The number of rotatable bonds is 6. The molecule has 1 saturated heterocycles. The molecule has 0 bridgehead atoms. The van der Waals surface area contributed by atoms with E-state index in [4.69, 9.17) is 0 Å². The van der Waals surface area contributed by atoms with Gasteiger partial charge in [0.15, 0.2) is 5.13 Å². The van der Waals surface area contributed by atoms with Crippen molar-refractivity contribution < 1.29 is 28.0 Å². The molecular formula is C26H20N4O7S2. The Hall–Kier alpha value is -4.49. The molecule has 11 nitrogen and oxygen atoms in total. The van der Waals surface area contributed by atoms with Gasteiger partial charge in [-0.2, -0.15) is 0 Å². The SMILES string of the molecule is CC1C=CC(C(O)=C2C(=O)C(=O)N(c3ncc(S(=O)(=O)c4ccc([N+](=O)[O-])cc4)s3)C2c2cccnc2)=CC1. The number of non-ortho nitro benzene ring substituents is 1. The molecule has 39 heavy (non-hydrogen) atoms. The summed E-state index contributed by atoms with van der Waals surface area (Å²) in [5.74, 6) is -2.01. The van der Waals surface area contributed by atoms with Gasteiger partial charge in [-0.25, -0.2) is 13.4 Å². The van der Waals surface area contributed by atoms with Crippen LogP contribution in [0.3, 0.4) is 0 Å². The monoisotopic (exact) mass is 564 g/mol. The summed E-state index contributed by atoms with van der Waals surface area (Å²) in [6.07, 6.45) is 10.0. The number of aromatic nitrogens is 2. The molecule has 0 spiro atoms. The zero-order valence-electron chi connectivity index (χ0n) is 20.3. The third-order valence-corrected chi connectivity index (χ3v) is 9.56. The third-order valence-electron chi connectivity index (χ3n) is 6.33. The summed E-state index contributed by atoms with van der Waals surface area (Å²) in [5.41, 5.74) is 0.395. The van der Waals surface area contributed by atoms with Gasteiger partial charge in [0.2, 0.25) is 9.84 Å². The van der Waals surface area contributed by atoms with Gasteiger partial charge in [-0.3, -0.25) is 29.6 Å². The maximum Gasteiger partial charge on any atom is 0.301 e. The molecule has 1 N–H and O–H groups in total. The molecule has 198 valence electrons. The highest BCUT2D eigenvalue weighted by Gasteiger charge is 2.48. The molecule has 5 rings (SSSR count). The fourth-order valence-corrected chi connectivity index (χ4v) is 6.84. The van der Waals surface area contributed by atoms with Crippen molar-refractivity contribution in [3.05, 3.63) is 106 Å². The van der Waals surface area contributed by atoms with Crippen LogP contribution in [0.15, 0.2) is 99.2 Å². The van der Waals surface area contributed by atoms with Crippen LogP contribution in [0.25, 0.3) is 0 Å². The van der Waals surface area contributed by atoms with E-state index in [1.165, 1.54) is 12.4 Å². The molecule has 13 heteroatoms. The highest BCUT2D eigenvalue weighted by Crippen LogP contribution is 2.44. The Kier molecular flexibility index (Phi) is 6.70. The lowest BCUT2D eigenvalue weighted by molar-refractivity contribution is -0.384. The number of carbonyl (C=O) groups excluding carboxylic acids is 2. The van der Waals surface area contributed by atoms with Crippen LogP contribution in [0.5, 0.6) is 0 Å². The molecule has 2 atom stereocenters. The molecule has 1 aromatic carbocycles. The number of thiazole rings is 1. The van der Waals surface area contributed by atoms with Crippen molar-refractivity contribution in [1.29, 1.82) is 0 Å². The minimum absolute atomic E-state index is 0.0766. The summed E-state index contributed by atoms with van der Waals surface area (Å²) in [7, 11) is -4.14. The second-order valence-corrected chi connectivity index (χ2v) is 12.1. The summed E-state index contributed by atoms with van der Waals surface area (Å²) in [6, 6.07) is 6.52. The zero-order chi connectivity index (χ0) is 27.9. The lowest BCUT2D eigenvalue weighted by atomic mass is 9.92. The number of allylic oxidation sites excluding steroid dienone is 3. The van der Waals surface area contributed by atoms with E-state index in [9.17, 15) is 33.2 Å². The van der Waals surface area contributed by atoms with Gasteiger partial charge in [0.25, 0.3) is 11.5 Å². The number of hydrogen-bond donors (Lipinski definition) is 1. The molecule has 1 amide bonds. The number of ketones is 1. The quantitative estimate of drug-likeness (QED) is 0.152. The molecule has 1 aliphatic heterocycles. The van der Waals surface area contributed by atoms with Crippen LogP contribution in [0, 0.1) is 16.0 Å². The number of amides is 1. The average Bonchev–Trinajstić information content (AvgIpc) is 3.53. The molecule has 3 aromatic rings. The van der Waals surface area contributed by atoms with Gasteiger partial charge in [-0.05, 0) is 36.1 Å². The molecule has 3 heterocycles. The van der Waals surface area contributed by atoms with Gasteiger partial charge < -0.3 is 5.11 Å². The smallest absolute Gasteiger partial charge is 0.301 e. The van der Waals surface area contributed by atoms with E-state index in [2.05, 4.69) is 9.97 Å². The topological polar surface area (TPSA) is 161 Å². The largest absolute Gasteiger partial charge is 0.507 e. The van der Waals surface area contributed by atoms with Crippen molar-refractivity contribution in [1.82, 2.24) is 9.97 Å². The van der Waals surface area contributed by atoms with E-state index >= 15 is 0 Å². The van der Waals surface area contributed by atoms with Crippen LogP contribution in [0.1, 0.15) is 24.9 Å². The van der Waals surface area contributed by atoms with E-state index in [1.54, 1.807) is 24.3 Å². The number of Topliss-reactive ketones (excluding diaryl/α,β-unsaturated/α-hetero) is 1. The number of aliphatic hydroxyl groups is 1. The van der Waals surface area contributed by atoms with Gasteiger partial charge in [0.05, 0.1) is 27.6 Å². The Labute approximate surface area is 226 Å². The summed E-state index contributed by atoms with van der Waals surface area (Å²) < 4.78 is 26.2. The van der Waals surface area contributed by atoms with Crippen LogP contribution in [-0.4, -0.2) is 40.1 Å². The van der Waals surface area contributed by atoms with Gasteiger partial charge >= 0.3 is 5.91 Å². The predicted octanol–water partition coefficient (Wildman–Crippen LogP) is 4.27. The van der Waals surface area contributed by atoms with Crippen molar-refractivity contribution in [3.63, 3.8) is 0 Å². The van der Waals surface area contributed by atoms with Crippen molar-refractivity contribution in [2.75, 3.05) is 4.90 Å². The van der Waals surface area contributed by atoms with Gasteiger partial charge in [-0.15, -0.1) is 0 Å². The van der Waals surface area contributed by atoms with Crippen LogP contribution in [0.4, 0.5) is 10.8 Å². The first-order chi connectivity index (χ1) is 18.6. The first-order valence-corrected chi connectivity index (χ1v) is 13.9. The number of anilines is 1. The molecule has 0 radical (unpaired) electrons. The number of nitro groups is 1. The lowest BCUT2D eigenvalue weighted by Crippen LogP contribution is -2.29. The average molecular weight is 565 g/mol. The number of nitro benzene ring substituents is 1. The first-order valence-electron chi connectivity index (χ1n) is 11.6. The number of aliphatic hydroxyl groups excluding tert-OH is 1. The molecule has 1 fully saturated rings. The number of hydrogen-bond acceptors (Lipinski definition) is 10. The molecule has 2 aliphatic rings. The zero-order valence-corrected chi connectivity index (χ0v) is 21.9. The third kappa shape index (κ3) is 4.66.